The van der Waals surface area contributed by atoms with Crippen molar-refractivity contribution in [1.82, 2.24) is 24.6 Å². The molecule has 1 aliphatic rings. The smallest absolute Gasteiger partial charge is 0.248 e. The Labute approximate surface area is 178 Å². The summed E-state index contributed by atoms with van der Waals surface area (Å²) in [5.41, 5.74) is 3.74. The molecule has 0 saturated carbocycles. The van der Waals surface area contributed by atoms with E-state index in [1.165, 1.54) is 12.4 Å². The lowest BCUT2D eigenvalue weighted by Gasteiger charge is -2.32. The molecule has 2 aromatic heterocycles. The van der Waals surface area contributed by atoms with Crippen LogP contribution < -0.4 is 0 Å². The molecule has 0 bridgehead atoms. The van der Waals surface area contributed by atoms with Crippen LogP contribution in [0.1, 0.15) is 24.5 Å². The summed E-state index contributed by atoms with van der Waals surface area (Å²) >= 11 is 6.01. The molecule has 1 aliphatic heterocycles. The largest absolute Gasteiger partial charge is 0.507 e. The SMILES string of the molecule is Cn1nc(-c2ccc(Cl)cc2O)c(-c2ccncn2)c1C1CCN(C(=O)CO)CC1. The Morgan fingerprint density at radius 1 is 1.27 bits per heavy atom. The van der Waals surface area contributed by atoms with E-state index in [1.54, 1.807) is 23.2 Å². The summed E-state index contributed by atoms with van der Waals surface area (Å²) in [6.07, 6.45) is 4.65. The Morgan fingerprint density at radius 3 is 2.67 bits per heavy atom. The number of piperidine rings is 1. The number of aromatic nitrogens is 4. The number of aliphatic hydroxyl groups is 1. The van der Waals surface area contributed by atoms with Gasteiger partial charge in [-0.25, -0.2) is 9.97 Å². The number of carbonyl (C=O) groups excluding carboxylic acids is 1. The Morgan fingerprint density at radius 2 is 2.03 bits per heavy atom. The number of phenolic OH excluding ortho intramolecular Hbond substituents is 1. The summed E-state index contributed by atoms with van der Waals surface area (Å²) in [5.74, 6) is -0.0505. The fraction of sp³-hybridized carbons (Fsp3) is 0.333. The minimum atomic E-state index is -0.470. The maximum absolute atomic E-state index is 11.8. The van der Waals surface area contributed by atoms with Gasteiger partial charge in [-0.05, 0) is 37.1 Å². The fourth-order valence-corrected chi connectivity index (χ4v) is 4.26. The third-order valence-corrected chi connectivity index (χ3v) is 5.75. The number of hydrogen-bond acceptors (Lipinski definition) is 6. The molecule has 3 aromatic rings. The van der Waals surface area contributed by atoms with E-state index in [-0.39, 0.29) is 17.6 Å². The van der Waals surface area contributed by atoms with Crippen molar-refractivity contribution in [1.29, 1.82) is 0 Å². The second-order valence-electron chi connectivity index (χ2n) is 7.30. The van der Waals surface area contributed by atoms with Gasteiger partial charge in [-0.2, -0.15) is 5.10 Å². The highest BCUT2D eigenvalue weighted by Gasteiger charge is 2.31. The van der Waals surface area contributed by atoms with Gasteiger partial charge in [0.15, 0.2) is 0 Å². The molecule has 30 heavy (non-hydrogen) atoms. The summed E-state index contributed by atoms with van der Waals surface area (Å²) in [6, 6.07) is 6.78. The third-order valence-electron chi connectivity index (χ3n) is 5.51. The third kappa shape index (κ3) is 3.76. The predicted molar refractivity (Wildman–Crippen MR) is 112 cm³/mol. The molecular weight excluding hydrogens is 406 g/mol. The van der Waals surface area contributed by atoms with Gasteiger partial charge >= 0.3 is 0 Å². The Bertz CT molecular complexity index is 1060. The summed E-state index contributed by atoms with van der Waals surface area (Å²) in [4.78, 5) is 22.0. The highest BCUT2D eigenvalue weighted by molar-refractivity contribution is 6.30. The number of phenols is 1. The number of benzene rings is 1. The van der Waals surface area contributed by atoms with Crippen molar-refractivity contribution >= 4 is 17.5 Å². The van der Waals surface area contributed by atoms with E-state index < -0.39 is 6.61 Å². The van der Waals surface area contributed by atoms with Crippen molar-refractivity contribution in [3.05, 3.63) is 47.5 Å². The number of halogens is 1. The number of aliphatic hydroxyl groups excluding tert-OH is 1. The number of aryl methyl sites for hydroxylation is 1. The van der Waals surface area contributed by atoms with Gasteiger partial charge in [-0.15, -0.1) is 0 Å². The van der Waals surface area contributed by atoms with Gasteiger partial charge in [0.25, 0.3) is 0 Å². The second kappa shape index (κ2) is 8.41. The molecule has 3 heterocycles. The van der Waals surface area contributed by atoms with E-state index >= 15 is 0 Å². The molecule has 0 aliphatic carbocycles. The quantitative estimate of drug-likeness (QED) is 0.663. The first-order valence-electron chi connectivity index (χ1n) is 9.70. The van der Waals surface area contributed by atoms with Gasteiger partial charge in [0.05, 0.1) is 11.4 Å². The lowest BCUT2D eigenvalue weighted by Crippen LogP contribution is -2.39. The van der Waals surface area contributed by atoms with Crippen molar-refractivity contribution in [3.8, 4) is 28.3 Å². The molecule has 2 N–H and O–H groups in total. The van der Waals surface area contributed by atoms with Crippen LogP contribution in [0.2, 0.25) is 5.02 Å². The van der Waals surface area contributed by atoms with Crippen molar-refractivity contribution in [3.63, 3.8) is 0 Å². The molecule has 9 heteroatoms. The van der Waals surface area contributed by atoms with E-state index in [2.05, 4.69) is 9.97 Å². The molecule has 0 radical (unpaired) electrons. The van der Waals surface area contributed by atoms with Crippen LogP contribution in [0, 0.1) is 0 Å². The van der Waals surface area contributed by atoms with Crippen LogP contribution in [-0.4, -0.2) is 60.5 Å². The van der Waals surface area contributed by atoms with Crippen LogP contribution in [0.15, 0.2) is 36.8 Å². The first-order chi connectivity index (χ1) is 14.5. The summed E-state index contributed by atoms with van der Waals surface area (Å²) in [5, 5.41) is 24.8. The number of rotatable bonds is 4. The zero-order valence-corrected chi connectivity index (χ0v) is 17.2. The molecule has 0 atom stereocenters. The molecule has 0 unspecified atom stereocenters. The van der Waals surface area contributed by atoms with Crippen LogP contribution in [0.5, 0.6) is 5.75 Å². The highest BCUT2D eigenvalue weighted by atomic mass is 35.5. The number of likely N-dealkylation sites (tertiary alicyclic amines) is 1. The predicted octanol–water partition coefficient (Wildman–Crippen LogP) is 2.60. The van der Waals surface area contributed by atoms with Crippen LogP contribution in [0.3, 0.4) is 0 Å². The first kappa shape index (κ1) is 20.3. The summed E-state index contributed by atoms with van der Waals surface area (Å²) in [7, 11) is 1.88. The Hall–Kier alpha value is -2.97. The van der Waals surface area contributed by atoms with E-state index in [4.69, 9.17) is 21.8 Å². The van der Waals surface area contributed by atoms with E-state index in [9.17, 15) is 9.90 Å². The summed E-state index contributed by atoms with van der Waals surface area (Å²) < 4.78 is 1.83. The van der Waals surface area contributed by atoms with Gasteiger partial charge < -0.3 is 15.1 Å². The lowest BCUT2D eigenvalue weighted by molar-refractivity contribution is -0.135. The minimum Gasteiger partial charge on any atom is -0.507 e. The number of nitrogens with zero attached hydrogens (tertiary/aromatic N) is 5. The fourth-order valence-electron chi connectivity index (χ4n) is 4.09. The van der Waals surface area contributed by atoms with Crippen LogP contribution >= 0.6 is 11.6 Å². The molecule has 1 fully saturated rings. The molecular formula is C21H22ClN5O3. The molecule has 156 valence electrons. The number of carbonyl (C=O) groups is 1. The normalized spacial score (nSPS) is 14.8. The van der Waals surface area contributed by atoms with Crippen LogP contribution in [0.4, 0.5) is 0 Å². The lowest BCUT2D eigenvalue weighted by atomic mass is 9.88. The van der Waals surface area contributed by atoms with E-state index in [0.29, 0.717) is 35.1 Å². The van der Waals surface area contributed by atoms with Crippen LogP contribution in [0.25, 0.3) is 22.5 Å². The van der Waals surface area contributed by atoms with E-state index in [1.807, 2.05) is 17.8 Å². The molecule has 1 saturated heterocycles. The second-order valence-corrected chi connectivity index (χ2v) is 7.74. The first-order valence-corrected chi connectivity index (χ1v) is 10.1. The highest BCUT2D eigenvalue weighted by Crippen LogP contribution is 2.42. The zero-order chi connectivity index (χ0) is 21.3. The maximum Gasteiger partial charge on any atom is 0.248 e. The van der Waals surface area contributed by atoms with Gasteiger partial charge in [0, 0.05) is 48.4 Å². The van der Waals surface area contributed by atoms with Crippen molar-refractivity contribution in [2.75, 3.05) is 19.7 Å². The topological polar surface area (TPSA) is 104 Å². The van der Waals surface area contributed by atoms with Crippen molar-refractivity contribution < 1.29 is 15.0 Å². The van der Waals surface area contributed by atoms with Gasteiger partial charge in [-0.1, -0.05) is 11.6 Å². The van der Waals surface area contributed by atoms with Crippen molar-refractivity contribution in [2.24, 2.45) is 7.05 Å². The Kier molecular flexibility index (Phi) is 5.69. The summed E-state index contributed by atoms with van der Waals surface area (Å²) in [6.45, 7) is 0.669. The standard InChI is InChI=1S/C21H22ClN5O3/c1-26-21(13-5-8-27(9-6-13)18(30)11-28)19(16-4-7-23-12-24-16)20(25-26)15-3-2-14(22)10-17(15)29/h2-4,7,10,12-13,28-29H,5-6,8-9,11H2,1H3. The average molecular weight is 428 g/mol. The molecule has 1 amide bonds. The zero-order valence-electron chi connectivity index (χ0n) is 16.5. The number of hydrogen-bond donors (Lipinski definition) is 2. The van der Waals surface area contributed by atoms with Crippen LogP contribution in [-0.2, 0) is 11.8 Å². The molecule has 0 spiro atoms. The average Bonchev–Trinajstić information content (AvgIpc) is 3.10. The maximum atomic E-state index is 11.8. The monoisotopic (exact) mass is 427 g/mol. The van der Waals surface area contributed by atoms with Gasteiger partial charge in [-0.3, -0.25) is 9.48 Å². The Balaban J connectivity index is 1.80. The minimum absolute atomic E-state index is 0.0471. The van der Waals surface area contributed by atoms with Crippen molar-refractivity contribution in [2.45, 2.75) is 18.8 Å². The van der Waals surface area contributed by atoms with E-state index in [0.717, 1.165) is 24.1 Å². The molecule has 1 aromatic carbocycles. The molecule has 4 rings (SSSR count). The number of amides is 1. The van der Waals surface area contributed by atoms with Gasteiger partial charge in [0.1, 0.15) is 24.4 Å². The number of aromatic hydroxyl groups is 1. The molecule has 8 nitrogen and oxygen atoms in total. The van der Waals surface area contributed by atoms with Gasteiger partial charge in [0.2, 0.25) is 5.91 Å².